The second-order valence-electron chi connectivity index (χ2n) is 5.28. The summed E-state index contributed by atoms with van der Waals surface area (Å²) in [6, 6.07) is 0.245. The van der Waals surface area contributed by atoms with Crippen LogP contribution in [0.2, 0.25) is 0 Å². The van der Waals surface area contributed by atoms with E-state index in [1.807, 2.05) is 13.8 Å². The van der Waals surface area contributed by atoms with Crippen LogP contribution in [-0.2, 0) is 9.53 Å². The highest BCUT2D eigenvalue weighted by atomic mass is 16.5. The molecule has 2 rings (SSSR count). The Hall–Kier alpha value is -1.47. The molecule has 1 unspecified atom stereocenters. The molecular formula is C12H20N4O3. The third kappa shape index (κ3) is 3.74. The van der Waals surface area contributed by atoms with Gasteiger partial charge < -0.3 is 14.5 Å². The summed E-state index contributed by atoms with van der Waals surface area (Å²) in [4.78, 5) is 11.8. The maximum absolute atomic E-state index is 11.8. The summed E-state index contributed by atoms with van der Waals surface area (Å²) in [7, 11) is 1.57. The van der Waals surface area contributed by atoms with Crippen molar-refractivity contribution in [3.8, 4) is 0 Å². The molecule has 0 aliphatic carbocycles. The van der Waals surface area contributed by atoms with Crippen molar-refractivity contribution < 1.29 is 13.9 Å². The molecule has 1 aromatic rings. The molecule has 106 valence electrons. The number of anilines is 1. The summed E-state index contributed by atoms with van der Waals surface area (Å²) in [5.74, 6) is 0.320. The molecule has 1 atom stereocenters. The number of rotatable bonds is 5. The lowest BCUT2D eigenvalue weighted by atomic mass is 10.1. The summed E-state index contributed by atoms with van der Waals surface area (Å²) in [6.07, 6.45) is 2.30. The van der Waals surface area contributed by atoms with Gasteiger partial charge in [0, 0.05) is 7.11 Å². The Balaban J connectivity index is 1.90. The molecule has 1 aromatic heterocycles. The van der Waals surface area contributed by atoms with Crippen LogP contribution >= 0.6 is 0 Å². The number of amides is 1. The number of aromatic nitrogens is 2. The SMILES string of the molecule is COC(C)(C)CC(=O)Nc1nnc(C2CCCN2)o1. The van der Waals surface area contributed by atoms with Gasteiger partial charge in [-0.3, -0.25) is 10.1 Å². The van der Waals surface area contributed by atoms with Crippen molar-refractivity contribution >= 4 is 11.9 Å². The lowest BCUT2D eigenvalue weighted by Gasteiger charge is -2.21. The van der Waals surface area contributed by atoms with Gasteiger partial charge in [0.2, 0.25) is 11.8 Å². The third-order valence-corrected chi connectivity index (χ3v) is 3.18. The first-order valence-electron chi connectivity index (χ1n) is 6.42. The van der Waals surface area contributed by atoms with Crippen LogP contribution in [-0.4, -0.2) is 35.4 Å². The molecule has 0 saturated carbocycles. The van der Waals surface area contributed by atoms with Crippen molar-refractivity contribution in [1.29, 1.82) is 0 Å². The Kier molecular flexibility index (Phi) is 4.16. The highest BCUT2D eigenvalue weighted by Gasteiger charge is 2.24. The Bertz CT molecular complexity index is 438. The van der Waals surface area contributed by atoms with E-state index in [9.17, 15) is 4.79 Å². The smallest absolute Gasteiger partial charge is 0.322 e. The molecule has 0 bridgehead atoms. The molecule has 1 fully saturated rings. The van der Waals surface area contributed by atoms with Crippen LogP contribution < -0.4 is 10.6 Å². The van der Waals surface area contributed by atoms with Gasteiger partial charge in [-0.25, -0.2) is 0 Å². The molecule has 0 aromatic carbocycles. The number of hydrogen-bond acceptors (Lipinski definition) is 6. The summed E-state index contributed by atoms with van der Waals surface area (Å²) in [5, 5.41) is 13.6. The average molecular weight is 268 g/mol. The minimum atomic E-state index is -0.514. The molecule has 2 N–H and O–H groups in total. The first-order chi connectivity index (χ1) is 9.00. The van der Waals surface area contributed by atoms with Crippen LogP contribution in [0.25, 0.3) is 0 Å². The fraction of sp³-hybridized carbons (Fsp3) is 0.750. The van der Waals surface area contributed by atoms with Crippen molar-refractivity contribution in [3.05, 3.63) is 5.89 Å². The molecule has 1 aliphatic heterocycles. The molecule has 19 heavy (non-hydrogen) atoms. The van der Waals surface area contributed by atoms with E-state index < -0.39 is 5.60 Å². The second-order valence-corrected chi connectivity index (χ2v) is 5.28. The maximum Gasteiger partial charge on any atom is 0.322 e. The Morgan fingerprint density at radius 1 is 1.58 bits per heavy atom. The lowest BCUT2D eigenvalue weighted by Crippen LogP contribution is -2.29. The zero-order chi connectivity index (χ0) is 13.9. The predicted molar refractivity (Wildman–Crippen MR) is 68.6 cm³/mol. The predicted octanol–water partition coefficient (Wildman–Crippen LogP) is 1.25. The summed E-state index contributed by atoms with van der Waals surface area (Å²) >= 11 is 0. The van der Waals surface area contributed by atoms with E-state index in [-0.39, 0.29) is 24.4 Å². The molecule has 0 radical (unpaired) electrons. The largest absolute Gasteiger partial charge is 0.406 e. The summed E-state index contributed by atoms with van der Waals surface area (Å²) < 4.78 is 10.6. The molecule has 1 amide bonds. The third-order valence-electron chi connectivity index (χ3n) is 3.18. The monoisotopic (exact) mass is 268 g/mol. The zero-order valence-corrected chi connectivity index (χ0v) is 11.5. The number of nitrogens with one attached hydrogen (secondary N) is 2. The van der Waals surface area contributed by atoms with Gasteiger partial charge in [0.1, 0.15) is 0 Å². The van der Waals surface area contributed by atoms with E-state index in [2.05, 4.69) is 20.8 Å². The Labute approximate surface area is 112 Å². The van der Waals surface area contributed by atoms with E-state index in [1.165, 1.54) is 0 Å². The number of methoxy groups -OCH3 is 1. The van der Waals surface area contributed by atoms with E-state index >= 15 is 0 Å². The number of ether oxygens (including phenoxy) is 1. The molecule has 7 heteroatoms. The van der Waals surface area contributed by atoms with Crippen LogP contribution in [0.5, 0.6) is 0 Å². The van der Waals surface area contributed by atoms with Crippen LogP contribution in [0.3, 0.4) is 0 Å². The van der Waals surface area contributed by atoms with Gasteiger partial charge in [0.25, 0.3) is 0 Å². The summed E-state index contributed by atoms with van der Waals surface area (Å²) in [5.41, 5.74) is -0.514. The van der Waals surface area contributed by atoms with Gasteiger partial charge in [-0.1, -0.05) is 5.10 Å². The highest BCUT2D eigenvalue weighted by Crippen LogP contribution is 2.23. The molecule has 1 saturated heterocycles. The summed E-state index contributed by atoms with van der Waals surface area (Å²) in [6.45, 7) is 4.64. The van der Waals surface area contributed by atoms with Crippen molar-refractivity contribution in [2.24, 2.45) is 0 Å². The van der Waals surface area contributed by atoms with Gasteiger partial charge in [0.05, 0.1) is 18.1 Å². The van der Waals surface area contributed by atoms with Gasteiger partial charge in [-0.2, -0.15) is 0 Å². The fourth-order valence-electron chi connectivity index (χ4n) is 1.94. The van der Waals surface area contributed by atoms with Gasteiger partial charge >= 0.3 is 6.01 Å². The maximum atomic E-state index is 11.8. The van der Waals surface area contributed by atoms with Crippen molar-refractivity contribution in [2.75, 3.05) is 19.0 Å². The lowest BCUT2D eigenvalue weighted by molar-refractivity contribution is -0.121. The van der Waals surface area contributed by atoms with E-state index in [0.29, 0.717) is 5.89 Å². The number of hydrogen-bond donors (Lipinski definition) is 2. The normalized spacial score (nSPS) is 19.6. The van der Waals surface area contributed by atoms with Crippen LogP contribution in [0.1, 0.15) is 45.0 Å². The Morgan fingerprint density at radius 3 is 3.00 bits per heavy atom. The van der Waals surface area contributed by atoms with Gasteiger partial charge in [-0.05, 0) is 33.2 Å². The molecule has 7 nitrogen and oxygen atoms in total. The quantitative estimate of drug-likeness (QED) is 0.835. The fourth-order valence-corrected chi connectivity index (χ4v) is 1.94. The molecule has 0 spiro atoms. The average Bonchev–Trinajstić information content (AvgIpc) is 2.97. The van der Waals surface area contributed by atoms with E-state index in [1.54, 1.807) is 7.11 Å². The van der Waals surface area contributed by atoms with Crippen molar-refractivity contribution in [3.63, 3.8) is 0 Å². The zero-order valence-electron chi connectivity index (χ0n) is 11.5. The first-order valence-corrected chi connectivity index (χ1v) is 6.42. The topological polar surface area (TPSA) is 89.3 Å². The van der Waals surface area contributed by atoms with Crippen LogP contribution in [0, 0.1) is 0 Å². The molecule has 2 heterocycles. The van der Waals surface area contributed by atoms with E-state index in [0.717, 1.165) is 19.4 Å². The minimum Gasteiger partial charge on any atom is -0.406 e. The molecular weight excluding hydrogens is 248 g/mol. The Morgan fingerprint density at radius 2 is 2.37 bits per heavy atom. The number of carbonyl (C=O) groups excluding carboxylic acids is 1. The van der Waals surface area contributed by atoms with Gasteiger partial charge in [-0.15, -0.1) is 5.10 Å². The first kappa shape index (κ1) is 14.0. The standard InChI is InChI=1S/C12H20N4O3/c1-12(2,18-3)7-9(17)14-11-16-15-10(19-11)8-5-4-6-13-8/h8,13H,4-7H2,1-3H3,(H,14,16,17). The van der Waals surface area contributed by atoms with Crippen molar-refractivity contribution in [1.82, 2.24) is 15.5 Å². The van der Waals surface area contributed by atoms with Crippen molar-refractivity contribution in [2.45, 2.75) is 44.8 Å². The van der Waals surface area contributed by atoms with E-state index in [4.69, 9.17) is 9.15 Å². The second kappa shape index (κ2) is 5.66. The molecule has 1 aliphatic rings. The highest BCUT2D eigenvalue weighted by molar-refractivity contribution is 5.89. The van der Waals surface area contributed by atoms with Gasteiger partial charge in [0.15, 0.2) is 0 Å². The number of nitrogens with zero attached hydrogens (tertiary/aromatic N) is 2. The number of carbonyl (C=O) groups is 1. The van der Waals surface area contributed by atoms with Crippen LogP contribution in [0.4, 0.5) is 6.01 Å². The minimum absolute atomic E-state index is 0.105. The van der Waals surface area contributed by atoms with Crippen LogP contribution in [0.15, 0.2) is 4.42 Å².